The molecule has 0 saturated carbocycles. The first-order chi connectivity index (χ1) is 7.52. The minimum atomic E-state index is -0.136. The van der Waals surface area contributed by atoms with Crippen LogP contribution in [0.2, 0.25) is 0 Å². The number of esters is 1. The van der Waals surface area contributed by atoms with Crippen LogP contribution in [0.25, 0.3) is 0 Å². The van der Waals surface area contributed by atoms with Gasteiger partial charge in [0.15, 0.2) is 0 Å². The van der Waals surface area contributed by atoms with Gasteiger partial charge in [0.25, 0.3) is 0 Å². The first-order valence-corrected chi connectivity index (χ1v) is 6.16. The topological polar surface area (TPSA) is 55.6 Å². The summed E-state index contributed by atoms with van der Waals surface area (Å²) in [5.41, 5.74) is 5.74. The number of nitrogens with two attached hydrogens (primary N) is 1. The second-order valence-corrected chi connectivity index (χ2v) is 5.03. The van der Waals surface area contributed by atoms with Gasteiger partial charge in [0.05, 0.1) is 12.6 Å². The van der Waals surface area contributed by atoms with E-state index in [0.29, 0.717) is 25.0 Å². The monoisotopic (exact) mass is 228 g/mol. The van der Waals surface area contributed by atoms with E-state index < -0.39 is 0 Å². The van der Waals surface area contributed by atoms with Crippen molar-refractivity contribution in [2.45, 2.75) is 45.8 Å². The van der Waals surface area contributed by atoms with E-state index >= 15 is 0 Å². The molecule has 0 aromatic rings. The van der Waals surface area contributed by atoms with Gasteiger partial charge >= 0.3 is 5.97 Å². The number of hydrogen-bond donors (Lipinski definition) is 1. The van der Waals surface area contributed by atoms with Crippen LogP contribution in [0.4, 0.5) is 0 Å². The molecule has 1 fully saturated rings. The van der Waals surface area contributed by atoms with Crippen molar-refractivity contribution in [1.29, 1.82) is 0 Å². The summed E-state index contributed by atoms with van der Waals surface area (Å²) in [5.74, 6) is 0.578. The maximum absolute atomic E-state index is 11.6. The van der Waals surface area contributed by atoms with Gasteiger partial charge < -0.3 is 10.5 Å². The van der Waals surface area contributed by atoms with Crippen LogP contribution in [-0.2, 0) is 9.53 Å². The molecular formula is C12H24N2O2. The standard InChI is InChI=1S/C12H24N2O2/c1-9(2)16-12(15)8-14-5-4-10(3)6-11(14)7-13/h9-11H,4-8,13H2,1-3H3. The maximum Gasteiger partial charge on any atom is 0.320 e. The molecule has 0 bridgehead atoms. The van der Waals surface area contributed by atoms with E-state index in [2.05, 4.69) is 11.8 Å². The van der Waals surface area contributed by atoms with E-state index in [1.54, 1.807) is 0 Å². The molecule has 1 heterocycles. The maximum atomic E-state index is 11.6. The quantitative estimate of drug-likeness (QED) is 0.729. The number of carbonyl (C=O) groups is 1. The lowest BCUT2D eigenvalue weighted by molar-refractivity contribution is -0.149. The van der Waals surface area contributed by atoms with Crippen molar-refractivity contribution in [3.05, 3.63) is 0 Å². The fourth-order valence-electron chi connectivity index (χ4n) is 2.22. The van der Waals surface area contributed by atoms with Crippen molar-refractivity contribution >= 4 is 5.97 Å². The van der Waals surface area contributed by atoms with Gasteiger partial charge in [-0.1, -0.05) is 6.92 Å². The molecule has 0 aliphatic carbocycles. The molecule has 0 amide bonds. The molecule has 4 nitrogen and oxygen atoms in total. The SMILES string of the molecule is CC1CCN(CC(=O)OC(C)C)C(CN)C1. The molecule has 1 aliphatic rings. The molecule has 4 heteroatoms. The molecule has 0 spiro atoms. The lowest BCUT2D eigenvalue weighted by Gasteiger charge is -2.37. The minimum Gasteiger partial charge on any atom is -0.462 e. The van der Waals surface area contributed by atoms with Gasteiger partial charge in [-0.3, -0.25) is 9.69 Å². The van der Waals surface area contributed by atoms with Crippen LogP contribution in [0, 0.1) is 5.92 Å². The van der Waals surface area contributed by atoms with Crippen molar-refractivity contribution in [3.63, 3.8) is 0 Å². The molecule has 2 N–H and O–H groups in total. The first kappa shape index (κ1) is 13.5. The number of rotatable bonds is 4. The van der Waals surface area contributed by atoms with Gasteiger partial charge in [0.2, 0.25) is 0 Å². The number of piperidine rings is 1. The zero-order valence-corrected chi connectivity index (χ0v) is 10.6. The Hall–Kier alpha value is -0.610. The fourth-order valence-corrected chi connectivity index (χ4v) is 2.22. The van der Waals surface area contributed by atoms with E-state index in [4.69, 9.17) is 10.5 Å². The summed E-state index contributed by atoms with van der Waals surface area (Å²) in [6.45, 7) is 7.95. The Balaban J connectivity index is 2.42. The lowest BCUT2D eigenvalue weighted by Crippen LogP contribution is -2.48. The third-order valence-electron chi connectivity index (χ3n) is 3.07. The molecule has 0 aromatic heterocycles. The Morgan fingerprint density at radius 2 is 2.25 bits per heavy atom. The number of hydrogen-bond acceptors (Lipinski definition) is 4. The summed E-state index contributed by atoms with van der Waals surface area (Å²) in [6, 6.07) is 0.337. The predicted molar refractivity (Wildman–Crippen MR) is 64.0 cm³/mol. The van der Waals surface area contributed by atoms with Crippen LogP contribution in [-0.4, -0.2) is 42.6 Å². The lowest BCUT2D eigenvalue weighted by atomic mass is 9.92. The Morgan fingerprint density at radius 3 is 2.81 bits per heavy atom. The van der Waals surface area contributed by atoms with Crippen molar-refractivity contribution in [2.24, 2.45) is 11.7 Å². The van der Waals surface area contributed by atoms with Crippen LogP contribution < -0.4 is 5.73 Å². The highest BCUT2D eigenvalue weighted by molar-refractivity contribution is 5.71. The highest BCUT2D eigenvalue weighted by Crippen LogP contribution is 2.21. The summed E-state index contributed by atoms with van der Waals surface area (Å²) >= 11 is 0. The summed E-state index contributed by atoms with van der Waals surface area (Å²) in [6.07, 6.45) is 2.20. The fraction of sp³-hybridized carbons (Fsp3) is 0.917. The molecule has 0 radical (unpaired) electrons. The Kier molecular flexibility index (Phi) is 5.22. The second kappa shape index (κ2) is 6.21. The molecule has 2 atom stereocenters. The highest BCUT2D eigenvalue weighted by Gasteiger charge is 2.27. The van der Waals surface area contributed by atoms with Gasteiger partial charge in [-0.05, 0) is 39.2 Å². The number of ether oxygens (including phenoxy) is 1. The van der Waals surface area contributed by atoms with E-state index in [1.165, 1.54) is 0 Å². The summed E-state index contributed by atoms with van der Waals surface area (Å²) in [5, 5.41) is 0. The molecule has 1 rings (SSSR count). The smallest absolute Gasteiger partial charge is 0.320 e. The highest BCUT2D eigenvalue weighted by atomic mass is 16.5. The normalized spacial score (nSPS) is 27.1. The molecular weight excluding hydrogens is 204 g/mol. The van der Waals surface area contributed by atoms with Crippen LogP contribution in [0.15, 0.2) is 0 Å². The second-order valence-electron chi connectivity index (χ2n) is 5.03. The van der Waals surface area contributed by atoms with E-state index in [-0.39, 0.29) is 12.1 Å². The number of nitrogens with zero attached hydrogens (tertiary/aromatic N) is 1. The Bertz CT molecular complexity index is 231. The zero-order valence-electron chi connectivity index (χ0n) is 10.6. The van der Waals surface area contributed by atoms with Crippen molar-refractivity contribution in [2.75, 3.05) is 19.6 Å². The summed E-state index contributed by atoms with van der Waals surface area (Å²) in [4.78, 5) is 13.7. The van der Waals surface area contributed by atoms with Gasteiger partial charge in [0.1, 0.15) is 0 Å². The Morgan fingerprint density at radius 1 is 1.56 bits per heavy atom. The van der Waals surface area contributed by atoms with E-state index in [9.17, 15) is 4.79 Å². The summed E-state index contributed by atoms with van der Waals surface area (Å²) in [7, 11) is 0. The third kappa shape index (κ3) is 4.10. The zero-order chi connectivity index (χ0) is 12.1. The molecule has 2 unspecified atom stereocenters. The van der Waals surface area contributed by atoms with E-state index in [1.807, 2.05) is 13.8 Å². The Labute approximate surface area is 98.1 Å². The summed E-state index contributed by atoms with van der Waals surface area (Å²) < 4.78 is 5.15. The van der Waals surface area contributed by atoms with Crippen molar-refractivity contribution in [1.82, 2.24) is 4.90 Å². The first-order valence-electron chi connectivity index (χ1n) is 6.16. The van der Waals surface area contributed by atoms with Gasteiger partial charge in [-0.15, -0.1) is 0 Å². The molecule has 0 aromatic carbocycles. The average Bonchev–Trinajstić information content (AvgIpc) is 2.19. The van der Waals surface area contributed by atoms with Crippen molar-refractivity contribution in [3.8, 4) is 0 Å². The molecule has 94 valence electrons. The average molecular weight is 228 g/mol. The molecule has 1 aliphatic heterocycles. The van der Waals surface area contributed by atoms with Crippen LogP contribution in [0.5, 0.6) is 0 Å². The number of likely N-dealkylation sites (tertiary alicyclic amines) is 1. The molecule has 16 heavy (non-hydrogen) atoms. The number of carbonyl (C=O) groups excluding carboxylic acids is 1. The van der Waals surface area contributed by atoms with Gasteiger partial charge in [-0.2, -0.15) is 0 Å². The predicted octanol–water partition coefficient (Wildman–Crippen LogP) is 0.997. The largest absolute Gasteiger partial charge is 0.462 e. The van der Waals surface area contributed by atoms with Gasteiger partial charge in [-0.25, -0.2) is 0 Å². The van der Waals surface area contributed by atoms with Crippen LogP contribution in [0.1, 0.15) is 33.6 Å². The third-order valence-corrected chi connectivity index (χ3v) is 3.07. The van der Waals surface area contributed by atoms with Crippen molar-refractivity contribution < 1.29 is 9.53 Å². The van der Waals surface area contributed by atoms with Crippen LogP contribution in [0.3, 0.4) is 0 Å². The van der Waals surface area contributed by atoms with Crippen LogP contribution >= 0.6 is 0 Å². The van der Waals surface area contributed by atoms with Gasteiger partial charge in [0, 0.05) is 12.6 Å². The minimum absolute atomic E-state index is 0.0347. The van der Waals surface area contributed by atoms with E-state index in [0.717, 1.165) is 19.4 Å². The molecule has 1 saturated heterocycles.